The molecule has 0 bridgehead atoms. The molecule has 1 heterocycles. The van der Waals surface area contributed by atoms with Gasteiger partial charge in [-0.1, -0.05) is 80.9 Å². The van der Waals surface area contributed by atoms with Crippen molar-refractivity contribution < 1.29 is 33.8 Å². The van der Waals surface area contributed by atoms with Crippen LogP contribution >= 0.6 is 0 Å². The van der Waals surface area contributed by atoms with E-state index >= 15 is 0 Å². The second-order valence-corrected chi connectivity index (χ2v) is 15.8. The second-order valence-electron chi connectivity index (χ2n) is 15.8. The molecule has 3 N–H and O–H groups in total. The summed E-state index contributed by atoms with van der Waals surface area (Å²) in [5.41, 5.74) is 0. The molecule has 1 rings (SSSR count). The molecule has 12 heteroatoms. The van der Waals surface area contributed by atoms with E-state index < -0.39 is 30.2 Å². The molecule has 1 aliphatic heterocycles. The molecule has 0 aliphatic carbocycles. The number of likely N-dealkylation sites (N-methyl/N-ethyl adjacent to an activating group) is 2. The first-order chi connectivity index (χ1) is 23.9. The van der Waals surface area contributed by atoms with Crippen molar-refractivity contribution in [1.82, 2.24) is 25.3 Å². The topological polar surface area (TPSA) is 141 Å². The first-order valence-electron chi connectivity index (χ1n) is 19.0. The number of hydrogen-bond acceptors (Lipinski definition) is 8. The Kier molecular flexibility index (Phi) is 20.5. The van der Waals surface area contributed by atoms with Crippen LogP contribution in [0.4, 0.5) is 0 Å². The molecule has 0 aromatic carbocycles. The Labute approximate surface area is 309 Å². The van der Waals surface area contributed by atoms with Crippen molar-refractivity contribution in [3.05, 3.63) is 12.2 Å². The molecule has 0 aromatic rings. The molecule has 12 nitrogen and oxygen atoms in total. The summed E-state index contributed by atoms with van der Waals surface area (Å²) in [5.74, 6) is -1.01. The number of aliphatic hydroxyl groups is 1. The fourth-order valence-electron chi connectivity index (χ4n) is 7.64. The minimum Gasteiger partial charge on any atom is -0.392 e. The molecule has 0 unspecified atom stereocenters. The highest BCUT2D eigenvalue weighted by atomic mass is 16.5. The van der Waals surface area contributed by atoms with E-state index in [1.54, 1.807) is 32.2 Å². The molecular formula is C39H73N5O7. The molecule has 0 aromatic heterocycles. The van der Waals surface area contributed by atoms with Crippen molar-refractivity contribution in [3.8, 4) is 0 Å². The van der Waals surface area contributed by atoms with Crippen molar-refractivity contribution in [1.29, 1.82) is 0 Å². The van der Waals surface area contributed by atoms with Crippen LogP contribution in [0.25, 0.3) is 0 Å². The summed E-state index contributed by atoms with van der Waals surface area (Å²) in [6.45, 7) is 18.3. The van der Waals surface area contributed by atoms with Gasteiger partial charge in [0.15, 0.2) is 0 Å². The lowest BCUT2D eigenvalue weighted by Gasteiger charge is -2.41. The van der Waals surface area contributed by atoms with Crippen molar-refractivity contribution in [3.63, 3.8) is 0 Å². The molecule has 296 valence electrons. The van der Waals surface area contributed by atoms with Crippen LogP contribution < -0.4 is 10.6 Å². The average molecular weight is 724 g/mol. The van der Waals surface area contributed by atoms with Gasteiger partial charge in [0.2, 0.25) is 23.6 Å². The molecular weight excluding hydrogens is 650 g/mol. The van der Waals surface area contributed by atoms with Gasteiger partial charge in [-0.2, -0.15) is 0 Å². The Hall–Kier alpha value is -2.54. The zero-order chi connectivity index (χ0) is 39.2. The van der Waals surface area contributed by atoms with Gasteiger partial charge in [0.05, 0.1) is 49.3 Å². The van der Waals surface area contributed by atoms with E-state index in [2.05, 4.69) is 31.4 Å². The summed E-state index contributed by atoms with van der Waals surface area (Å²) in [6, 6.07) is -2.09. The number of methoxy groups -OCH3 is 2. The molecule has 0 radical (unpaired) electrons. The number of nitrogens with one attached hydrogen (secondary N) is 2. The first kappa shape index (κ1) is 46.5. The third kappa shape index (κ3) is 13.4. The quantitative estimate of drug-likeness (QED) is 0.144. The average Bonchev–Trinajstić information content (AvgIpc) is 3.54. The van der Waals surface area contributed by atoms with Crippen LogP contribution in [0.5, 0.6) is 0 Å². The Bertz CT molecular complexity index is 1110. The van der Waals surface area contributed by atoms with Crippen molar-refractivity contribution in [2.45, 2.75) is 137 Å². The van der Waals surface area contributed by atoms with Crippen LogP contribution in [0.1, 0.15) is 94.4 Å². The molecule has 4 amide bonds. The van der Waals surface area contributed by atoms with Crippen LogP contribution in [0, 0.1) is 29.6 Å². The predicted molar refractivity (Wildman–Crippen MR) is 203 cm³/mol. The van der Waals surface area contributed by atoms with Gasteiger partial charge in [-0.05, 0) is 57.0 Å². The molecule has 1 saturated heterocycles. The minimum atomic E-state index is -0.749. The number of aliphatic hydroxyl groups excluding tert-OH is 1. The Morgan fingerprint density at radius 1 is 0.922 bits per heavy atom. The number of rotatable bonds is 22. The first-order valence-corrected chi connectivity index (χ1v) is 19.0. The fourth-order valence-corrected chi connectivity index (χ4v) is 7.64. The van der Waals surface area contributed by atoms with Gasteiger partial charge in [0, 0.05) is 33.9 Å². The van der Waals surface area contributed by atoms with Crippen LogP contribution in [-0.2, 0) is 28.7 Å². The molecule has 0 saturated carbocycles. The third-order valence-electron chi connectivity index (χ3n) is 10.5. The highest BCUT2D eigenvalue weighted by Gasteiger charge is 2.43. The van der Waals surface area contributed by atoms with Gasteiger partial charge in [-0.25, -0.2) is 0 Å². The predicted octanol–water partition coefficient (Wildman–Crippen LogP) is 3.71. The fraction of sp³-hybridized carbons (Fsp3) is 0.846. The maximum absolute atomic E-state index is 14.2. The van der Waals surface area contributed by atoms with Gasteiger partial charge in [-0.15, -0.1) is 0 Å². The maximum Gasteiger partial charge on any atom is 0.245 e. The van der Waals surface area contributed by atoms with Gasteiger partial charge in [0.25, 0.3) is 0 Å². The summed E-state index contributed by atoms with van der Waals surface area (Å²) in [7, 11) is 8.61. The van der Waals surface area contributed by atoms with Gasteiger partial charge >= 0.3 is 0 Å². The monoisotopic (exact) mass is 724 g/mol. The second kappa shape index (κ2) is 22.5. The molecule has 1 aliphatic rings. The van der Waals surface area contributed by atoms with E-state index in [1.807, 2.05) is 71.5 Å². The maximum atomic E-state index is 14.2. The Morgan fingerprint density at radius 3 is 2.02 bits per heavy atom. The van der Waals surface area contributed by atoms with Crippen molar-refractivity contribution in [2.24, 2.45) is 29.6 Å². The summed E-state index contributed by atoms with van der Waals surface area (Å²) in [6.07, 6.45) is 5.34. The van der Waals surface area contributed by atoms with E-state index in [0.717, 1.165) is 19.3 Å². The smallest absolute Gasteiger partial charge is 0.245 e. The lowest BCUT2D eigenvalue weighted by atomic mass is 9.89. The number of amides is 4. The van der Waals surface area contributed by atoms with E-state index in [0.29, 0.717) is 18.9 Å². The highest BCUT2D eigenvalue weighted by Crippen LogP contribution is 2.30. The SMILES string of the molecule is CC[C@H](C)[C@@H]([C@@H](CC(=O)N1CCC[C@H]1[C@H](OC)[C@@H](C)C(=O)N[C@H](/C=C/CO)CC(C)C)OC)N(C)C(=O)[C@@H](NC(=O)[C@H](C(C)C)N(C)C)C(C)C. The van der Waals surface area contributed by atoms with Crippen LogP contribution in [0.2, 0.25) is 0 Å². The van der Waals surface area contributed by atoms with E-state index in [1.165, 1.54) is 0 Å². The number of ether oxygens (including phenoxy) is 2. The zero-order valence-corrected chi connectivity index (χ0v) is 34.3. The Morgan fingerprint density at radius 2 is 1.55 bits per heavy atom. The van der Waals surface area contributed by atoms with Gasteiger partial charge < -0.3 is 35.0 Å². The summed E-state index contributed by atoms with van der Waals surface area (Å²) >= 11 is 0. The van der Waals surface area contributed by atoms with E-state index in [-0.39, 0.29) is 72.5 Å². The molecule has 0 spiro atoms. The van der Waals surface area contributed by atoms with E-state index in [9.17, 15) is 24.3 Å². The molecule has 51 heavy (non-hydrogen) atoms. The largest absolute Gasteiger partial charge is 0.392 e. The standard InChI is InChI=1S/C39H73N5O7/c1-15-27(8)35(43(12)39(49)33(25(4)5)41-38(48)34(26(6)7)42(10)11)31(50-13)23-32(46)44-20-16-19-30(44)36(51-14)28(9)37(47)40-29(18-17-21-45)22-24(2)3/h17-18,24-31,33-36,45H,15-16,19-23H2,1-14H3,(H,40,47)(H,41,48)/b18-17+/t27-,28+,29+,30-,31+,33-,34-,35-,36+/m0/s1. The number of hydrogen-bond donors (Lipinski definition) is 3. The van der Waals surface area contributed by atoms with Crippen molar-refractivity contribution in [2.75, 3.05) is 48.5 Å². The molecule has 1 fully saturated rings. The minimum absolute atomic E-state index is 0.00566. The number of carbonyl (C=O) groups excluding carboxylic acids is 4. The number of carbonyl (C=O) groups is 4. The lowest BCUT2D eigenvalue weighted by Crippen LogP contribution is -2.59. The van der Waals surface area contributed by atoms with Gasteiger partial charge in [0.1, 0.15) is 6.04 Å². The van der Waals surface area contributed by atoms with Crippen LogP contribution in [0.15, 0.2) is 12.2 Å². The van der Waals surface area contributed by atoms with E-state index in [4.69, 9.17) is 9.47 Å². The number of nitrogens with zero attached hydrogens (tertiary/aromatic N) is 3. The Balaban J connectivity index is 3.27. The third-order valence-corrected chi connectivity index (χ3v) is 10.5. The summed E-state index contributed by atoms with van der Waals surface area (Å²) in [4.78, 5) is 60.6. The highest BCUT2D eigenvalue weighted by molar-refractivity contribution is 5.90. The van der Waals surface area contributed by atoms with Crippen LogP contribution in [-0.4, -0.2) is 134 Å². The van der Waals surface area contributed by atoms with Crippen LogP contribution in [0.3, 0.4) is 0 Å². The lowest BCUT2D eigenvalue weighted by molar-refractivity contribution is -0.148. The van der Waals surface area contributed by atoms with Crippen molar-refractivity contribution >= 4 is 23.6 Å². The zero-order valence-electron chi connectivity index (χ0n) is 34.3. The number of likely N-dealkylation sites (tertiary alicyclic amines) is 1. The summed E-state index contributed by atoms with van der Waals surface area (Å²) < 4.78 is 12.0. The molecule has 9 atom stereocenters. The van der Waals surface area contributed by atoms with Gasteiger partial charge in [-0.3, -0.25) is 24.1 Å². The normalized spacial score (nSPS) is 20.0. The summed E-state index contributed by atoms with van der Waals surface area (Å²) in [5, 5.41) is 15.4.